The number of carbonyl (C=O) groups is 3. The molecule has 2 aromatic carbocycles. The number of hydrogen-bond acceptors (Lipinski definition) is 6. The molecule has 0 aromatic heterocycles. The fraction of sp³-hybridized carbons (Fsp3) is 0.531. The van der Waals surface area contributed by atoms with Gasteiger partial charge in [-0.1, -0.05) is 48.7 Å². The zero-order valence-corrected chi connectivity index (χ0v) is 24.3. The minimum absolute atomic E-state index is 0.151. The van der Waals surface area contributed by atoms with E-state index in [1.54, 1.807) is 6.07 Å². The van der Waals surface area contributed by atoms with E-state index in [-0.39, 0.29) is 28.2 Å². The number of rotatable bonds is 10. The Hall–Kier alpha value is -2.94. The molecular weight excluding hydrogens is 544 g/mol. The van der Waals surface area contributed by atoms with Gasteiger partial charge in [0.1, 0.15) is 5.75 Å². The number of nitrogens with zero attached hydrogens (tertiary/aromatic N) is 1. The lowest BCUT2D eigenvalue weighted by molar-refractivity contribution is -0.166. The summed E-state index contributed by atoms with van der Waals surface area (Å²) in [5.41, 5.74) is 0.721. The topological polar surface area (TPSA) is 116 Å². The summed E-state index contributed by atoms with van der Waals surface area (Å²) in [5, 5.41) is 24.8. The molecule has 1 heterocycles. The van der Waals surface area contributed by atoms with Crippen molar-refractivity contribution in [2.75, 3.05) is 32.1 Å². The SMILES string of the molecule is COc1cc(NC(=O)CCN2CCC3(CC2)CC(c2ccccc2C(O)(C(=O)O)C2CCCC2)C3)c(Cl)cc1C=O. The van der Waals surface area contributed by atoms with Crippen molar-refractivity contribution < 1.29 is 29.3 Å². The quantitative estimate of drug-likeness (QED) is 0.312. The molecule has 1 aliphatic heterocycles. The number of benzene rings is 2. The molecule has 3 aliphatic rings. The second-order valence-electron chi connectivity index (χ2n) is 12.1. The van der Waals surface area contributed by atoms with Crippen LogP contribution in [0.1, 0.15) is 85.2 Å². The molecule has 5 rings (SSSR count). The first-order valence-corrected chi connectivity index (χ1v) is 15.0. The van der Waals surface area contributed by atoms with E-state index in [1.807, 2.05) is 24.3 Å². The molecular formula is C32H39ClN2O6. The fourth-order valence-corrected chi connectivity index (χ4v) is 7.54. The molecule has 1 unspecified atom stereocenters. The van der Waals surface area contributed by atoms with Gasteiger partial charge in [-0.2, -0.15) is 0 Å². The van der Waals surface area contributed by atoms with Crippen molar-refractivity contribution in [3.8, 4) is 5.75 Å². The highest BCUT2D eigenvalue weighted by Gasteiger charge is 2.51. The van der Waals surface area contributed by atoms with Crippen LogP contribution in [0.5, 0.6) is 5.75 Å². The van der Waals surface area contributed by atoms with Crippen LogP contribution in [0.15, 0.2) is 36.4 Å². The Morgan fingerprint density at radius 3 is 2.49 bits per heavy atom. The molecule has 8 nitrogen and oxygen atoms in total. The van der Waals surface area contributed by atoms with Crippen LogP contribution in [-0.4, -0.2) is 60.0 Å². The third-order valence-corrected chi connectivity index (χ3v) is 10.0. The summed E-state index contributed by atoms with van der Waals surface area (Å²) in [6, 6.07) is 10.7. The second-order valence-corrected chi connectivity index (χ2v) is 12.5. The molecule has 1 amide bonds. The third kappa shape index (κ3) is 5.87. The minimum atomic E-state index is -1.83. The number of hydrogen-bond donors (Lipinski definition) is 3. The van der Waals surface area contributed by atoms with E-state index in [0.717, 1.165) is 70.0 Å². The number of carbonyl (C=O) groups excluding carboxylic acids is 2. The summed E-state index contributed by atoms with van der Waals surface area (Å²) in [6.45, 7) is 2.46. The van der Waals surface area contributed by atoms with E-state index in [2.05, 4.69) is 10.2 Å². The van der Waals surface area contributed by atoms with E-state index in [1.165, 1.54) is 13.2 Å². The number of halogens is 1. The highest BCUT2D eigenvalue weighted by Crippen LogP contribution is 2.58. The van der Waals surface area contributed by atoms with Crippen molar-refractivity contribution in [2.45, 2.75) is 69.3 Å². The lowest BCUT2D eigenvalue weighted by Crippen LogP contribution is -2.48. The van der Waals surface area contributed by atoms with E-state index in [0.29, 0.717) is 41.8 Å². The molecule has 9 heteroatoms. The summed E-state index contributed by atoms with van der Waals surface area (Å²) in [6.07, 6.45) is 8.46. The molecule has 2 aromatic rings. The van der Waals surface area contributed by atoms with Crippen molar-refractivity contribution >= 4 is 35.5 Å². The third-order valence-electron chi connectivity index (χ3n) is 9.73. The van der Waals surface area contributed by atoms with Gasteiger partial charge < -0.3 is 25.2 Å². The standard InChI is InChI=1S/C32H39ClN2O6/c1-41-28-17-27(26(33)16-21(28)20-36)34-29(37)10-13-35-14-11-31(12-15-35)18-22(19-31)24-8-4-5-9-25(24)32(40,30(38)39)23-6-2-3-7-23/h4-5,8-9,16-17,20,22-23,40H,2-3,6-7,10-15,18-19H2,1H3,(H,34,37)(H,38,39). The number of likely N-dealkylation sites (tertiary alicyclic amines) is 1. The average molecular weight is 583 g/mol. The highest BCUT2D eigenvalue weighted by atomic mass is 35.5. The normalized spacial score (nSPS) is 20.8. The van der Waals surface area contributed by atoms with Crippen LogP contribution >= 0.6 is 11.6 Å². The van der Waals surface area contributed by atoms with Crippen molar-refractivity contribution in [1.82, 2.24) is 4.90 Å². The van der Waals surface area contributed by atoms with Gasteiger partial charge >= 0.3 is 5.97 Å². The number of aldehydes is 1. The Morgan fingerprint density at radius 2 is 1.85 bits per heavy atom. The predicted octanol–water partition coefficient (Wildman–Crippen LogP) is 5.61. The highest BCUT2D eigenvalue weighted by molar-refractivity contribution is 6.34. The maximum absolute atomic E-state index is 12.6. The van der Waals surface area contributed by atoms with Crippen LogP contribution in [0.25, 0.3) is 0 Å². The van der Waals surface area contributed by atoms with Gasteiger partial charge in [-0.3, -0.25) is 9.59 Å². The van der Waals surface area contributed by atoms with Gasteiger partial charge in [-0.15, -0.1) is 0 Å². The monoisotopic (exact) mass is 582 g/mol. The van der Waals surface area contributed by atoms with E-state index >= 15 is 0 Å². The maximum atomic E-state index is 12.6. The lowest BCUT2D eigenvalue weighted by atomic mass is 9.55. The van der Waals surface area contributed by atoms with Gasteiger partial charge in [0.25, 0.3) is 0 Å². The zero-order valence-electron chi connectivity index (χ0n) is 23.5. The van der Waals surface area contributed by atoms with Gasteiger partial charge in [0, 0.05) is 24.9 Å². The molecule has 0 bridgehead atoms. The van der Waals surface area contributed by atoms with Crippen molar-refractivity contribution in [3.63, 3.8) is 0 Å². The molecule has 3 N–H and O–H groups in total. The van der Waals surface area contributed by atoms with Crippen LogP contribution in [0.3, 0.4) is 0 Å². The van der Waals surface area contributed by atoms with Crippen LogP contribution < -0.4 is 10.1 Å². The summed E-state index contributed by atoms with van der Waals surface area (Å²) in [4.78, 5) is 38.5. The van der Waals surface area contributed by atoms with E-state index in [9.17, 15) is 24.6 Å². The number of carboxylic acid groups (broad SMARTS) is 1. The Morgan fingerprint density at radius 1 is 1.17 bits per heavy atom. The largest absolute Gasteiger partial charge is 0.496 e. The number of carboxylic acids is 1. The van der Waals surface area contributed by atoms with Crippen LogP contribution in [0.2, 0.25) is 5.02 Å². The first-order chi connectivity index (χ1) is 19.7. The minimum Gasteiger partial charge on any atom is -0.496 e. The molecule has 0 radical (unpaired) electrons. The van der Waals surface area contributed by atoms with Crippen LogP contribution in [0, 0.1) is 11.3 Å². The molecule has 220 valence electrons. The van der Waals surface area contributed by atoms with Gasteiger partial charge in [-0.25, -0.2) is 4.79 Å². The number of amides is 1. The maximum Gasteiger partial charge on any atom is 0.340 e. The number of aliphatic hydroxyl groups is 1. The number of methoxy groups -OCH3 is 1. The fourth-order valence-electron chi connectivity index (χ4n) is 7.32. The summed E-state index contributed by atoms with van der Waals surface area (Å²) < 4.78 is 5.21. The molecule has 41 heavy (non-hydrogen) atoms. The number of nitrogens with one attached hydrogen (secondary N) is 1. The van der Waals surface area contributed by atoms with E-state index < -0.39 is 11.6 Å². The Bertz CT molecular complexity index is 1290. The molecule has 1 atom stereocenters. The smallest absolute Gasteiger partial charge is 0.340 e. The number of aliphatic carboxylic acids is 1. The molecule has 1 saturated heterocycles. The average Bonchev–Trinajstić information content (AvgIpc) is 3.51. The summed E-state index contributed by atoms with van der Waals surface area (Å²) in [5.74, 6) is -0.926. The molecule has 1 spiro atoms. The Balaban J connectivity index is 1.14. The number of ether oxygens (including phenoxy) is 1. The van der Waals surface area contributed by atoms with Crippen LogP contribution in [-0.2, 0) is 15.2 Å². The van der Waals surface area contributed by atoms with Crippen molar-refractivity contribution in [3.05, 3.63) is 58.1 Å². The van der Waals surface area contributed by atoms with E-state index in [4.69, 9.17) is 16.3 Å². The number of piperidine rings is 1. The molecule has 3 fully saturated rings. The van der Waals surface area contributed by atoms with Gasteiger partial charge in [0.05, 0.1) is 23.4 Å². The Labute approximate surface area is 246 Å². The first kappa shape index (κ1) is 29.5. The first-order valence-electron chi connectivity index (χ1n) is 14.6. The Kier molecular flexibility index (Phi) is 8.73. The molecule has 2 saturated carbocycles. The van der Waals surface area contributed by atoms with Crippen molar-refractivity contribution in [1.29, 1.82) is 0 Å². The van der Waals surface area contributed by atoms with Gasteiger partial charge in [0.15, 0.2) is 11.9 Å². The summed E-state index contributed by atoms with van der Waals surface area (Å²) in [7, 11) is 1.46. The van der Waals surface area contributed by atoms with Gasteiger partial charge in [-0.05, 0) is 80.1 Å². The molecule has 2 aliphatic carbocycles. The predicted molar refractivity (Wildman–Crippen MR) is 157 cm³/mol. The van der Waals surface area contributed by atoms with Gasteiger partial charge in [0.2, 0.25) is 5.91 Å². The zero-order chi connectivity index (χ0) is 29.2. The summed E-state index contributed by atoms with van der Waals surface area (Å²) >= 11 is 6.24. The second kappa shape index (κ2) is 12.1. The van der Waals surface area contributed by atoms with Crippen molar-refractivity contribution in [2.24, 2.45) is 11.3 Å². The number of anilines is 1. The van der Waals surface area contributed by atoms with Crippen LogP contribution in [0.4, 0.5) is 5.69 Å². The lowest BCUT2D eigenvalue weighted by Gasteiger charge is -2.53.